The maximum Gasteiger partial charge on any atom is 0.122 e. The fourth-order valence-electron chi connectivity index (χ4n) is 2.07. The Balaban J connectivity index is 1.87. The van der Waals surface area contributed by atoms with Gasteiger partial charge >= 0.3 is 0 Å². The van der Waals surface area contributed by atoms with Crippen molar-refractivity contribution < 1.29 is 9.47 Å². The summed E-state index contributed by atoms with van der Waals surface area (Å²) < 4.78 is 10.9. The number of morpholine rings is 1. The Kier molecular flexibility index (Phi) is 4.84. The molecule has 0 radical (unpaired) electrons. The monoisotopic (exact) mass is 250 g/mol. The highest BCUT2D eigenvalue weighted by molar-refractivity contribution is 5.50. The van der Waals surface area contributed by atoms with Gasteiger partial charge in [0.15, 0.2) is 0 Å². The number of rotatable bonds is 5. The molecular formula is C14H22N2O2. The first kappa shape index (κ1) is 13.2. The zero-order chi connectivity index (χ0) is 12.8. The number of hydrogen-bond acceptors (Lipinski definition) is 4. The summed E-state index contributed by atoms with van der Waals surface area (Å²) in [5, 5.41) is 6.85. The normalized spacial score (nSPS) is 19.6. The van der Waals surface area contributed by atoms with E-state index >= 15 is 0 Å². The Bertz CT molecular complexity index is 376. The Hall–Kier alpha value is -1.26. The standard InChI is InChI=1S/C14H22N2O2/c1-3-18-14-5-4-12(8-11(14)2)16-9-13-10-17-7-6-15-13/h4-5,8,13,15-16H,3,6-7,9-10H2,1-2H3. The van der Waals surface area contributed by atoms with Crippen LogP contribution in [-0.2, 0) is 4.74 Å². The van der Waals surface area contributed by atoms with Gasteiger partial charge in [0, 0.05) is 24.8 Å². The summed E-state index contributed by atoms with van der Waals surface area (Å²) in [6, 6.07) is 6.59. The van der Waals surface area contributed by atoms with Crippen molar-refractivity contribution in [3.63, 3.8) is 0 Å². The fraction of sp³-hybridized carbons (Fsp3) is 0.571. The number of ether oxygens (including phenoxy) is 2. The minimum atomic E-state index is 0.394. The number of benzene rings is 1. The second-order valence-corrected chi connectivity index (χ2v) is 4.52. The molecule has 1 aliphatic heterocycles. The third-order valence-electron chi connectivity index (χ3n) is 3.03. The predicted molar refractivity (Wildman–Crippen MR) is 73.4 cm³/mol. The van der Waals surface area contributed by atoms with Gasteiger partial charge in [-0.2, -0.15) is 0 Å². The molecule has 0 amide bonds. The maximum atomic E-state index is 5.53. The molecular weight excluding hydrogens is 228 g/mol. The molecule has 4 nitrogen and oxygen atoms in total. The Morgan fingerprint density at radius 2 is 2.39 bits per heavy atom. The van der Waals surface area contributed by atoms with Gasteiger partial charge in [-0.1, -0.05) is 0 Å². The van der Waals surface area contributed by atoms with E-state index in [4.69, 9.17) is 9.47 Å². The number of nitrogens with one attached hydrogen (secondary N) is 2. The lowest BCUT2D eigenvalue weighted by molar-refractivity contribution is 0.0806. The summed E-state index contributed by atoms with van der Waals surface area (Å²) in [5.41, 5.74) is 2.29. The van der Waals surface area contributed by atoms with Crippen molar-refractivity contribution in [2.75, 3.05) is 38.2 Å². The Labute approximate surface area is 109 Å². The molecule has 1 atom stereocenters. The molecule has 1 aromatic carbocycles. The van der Waals surface area contributed by atoms with Gasteiger partial charge in [-0.3, -0.25) is 0 Å². The van der Waals surface area contributed by atoms with E-state index in [2.05, 4.69) is 29.7 Å². The molecule has 100 valence electrons. The second-order valence-electron chi connectivity index (χ2n) is 4.52. The first-order valence-corrected chi connectivity index (χ1v) is 6.58. The van der Waals surface area contributed by atoms with Crippen molar-refractivity contribution in [3.8, 4) is 5.75 Å². The predicted octanol–water partition coefficient (Wildman–Crippen LogP) is 1.79. The topological polar surface area (TPSA) is 42.5 Å². The lowest BCUT2D eigenvalue weighted by atomic mass is 10.2. The summed E-state index contributed by atoms with van der Waals surface area (Å²) in [7, 11) is 0. The van der Waals surface area contributed by atoms with Crippen molar-refractivity contribution >= 4 is 5.69 Å². The highest BCUT2D eigenvalue weighted by atomic mass is 16.5. The van der Waals surface area contributed by atoms with Gasteiger partial charge < -0.3 is 20.1 Å². The summed E-state index contributed by atoms with van der Waals surface area (Å²) in [6.07, 6.45) is 0. The first-order chi connectivity index (χ1) is 8.79. The van der Waals surface area contributed by atoms with E-state index in [1.807, 2.05) is 13.0 Å². The highest BCUT2D eigenvalue weighted by Crippen LogP contribution is 2.21. The zero-order valence-corrected chi connectivity index (χ0v) is 11.2. The van der Waals surface area contributed by atoms with E-state index in [0.717, 1.165) is 43.3 Å². The molecule has 18 heavy (non-hydrogen) atoms. The van der Waals surface area contributed by atoms with Gasteiger partial charge in [-0.25, -0.2) is 0 Å². The zero-order valence-electron chi connectivity index (χ0n) is 11.2. The fourth-order valence-corrected chi connectivity index (χ4v) is 2.07. The third kappa shape index (κ3) is 3.62. The highest BCUT2D eigenvalue weighted by Gasteiger charge is 2.12. The lowest BCUT2D eigenvalue weighted by Crippen LogP contribution is -2.45. The van der Waals surface area contributed by atoms with Crippen LogP contribution in [0.1, 0.15) is 12.5 Å². The summed E-state index contributed by atoms with van der Waals surface area (Å²) in [4.78, 5) is 0. The van der Waals surface area contributed by atoms with Crippen LogP contribution in [0.2, 0.25) is 0 Å². The van der Waals surface area contributed by atoms with Crippen molar-refractivity contribution in [2.24, 2.45) is 0 Å². The Morgan fingerprint density at radius 3 is 3.06 bits per heavy atom. The van der Waals surface area contributed by atoms with Crippen molar-refractivity contribution in [3.05, 3.63) is 23.8 Å². The van der Waals surface area contributed by atoms with Crippen LogP contribution in [0.3, 0.4) is 0 Å². The molecule has 1 saturated heterocycles. The summed E-state index contributed by atoms with van der Waals surface area (Å²) >= 11 is 0. The van der Waals surface area contributed by atoms with E-state index in [1.54, 1.807) is 0 Å². The third-order valence-corrected chi connectivity index (χ3v) is 3.03. The van der Waals surface area contributed by atoms with Crippen molar-refractivity contribution in [1.82, 2.24) is 5.32 Å². The minimum absolute atomic E-state index is 0.394. The van der Waals surface area contributed by atoms with Crippen molar-refractivity contribution in [2.45, 2.75) is 19.9 Å². The quantitative estimate of drug-likeness (QED) is 0.836. The smallest absolute Gasteiger partial charge is 0.122 e. The number of anilines is 1. The van der Waals surface area contributed by atoms with E-state index < -0.39 is 0 Å². The lowest BCUT2D eigenvalue weighted by Gasteiger charge is -2.24. The number of aryl methyl sites for hydroxylation is 1. The van der Waals surface area contributed by atoms with Crippen LogP contribution in [0, 0.1) is 6.92 Å². The molecule has 1 fully saturated rings. The maximum absolute atomic E-state index is 5.53. The second kappa shape index (κ2) is 6.61. The van der Waals surface area contributed by atoms with Crippen LogP contribution in [0.15, 0.2) is 18.2 Å². The minimum Gasteiger partial charge on any atom is -0.494 e. The van der Waals surface area contributed by atoms with Gasteiger partial charge in [0.1, 0.15) is 5.75 Å². The Morgan fingerprint density at radius 1 is 1.50 bits per heavy atom. The van der Waals surface area contributed by atoms with Crippen LogP contribution in [-0.4, -0.2) is 39.0 Å². The average molecular weight is 250 g/mol. The van der Waals surface area contributed by atoms with Crippen molar-refractivity contribution in [1.29, 1.82) is 0 Å². The molecule has 1 unspecified atom stereocenters. The van der Waals surface area contributed by atoms with E-state index in [1.165, 1.54) is 0 Å². The molecule has 0 aliphatic carbocycles. The molecule has 1 aromatic rings. The first-order valence-electron chi connectivity index (χ1n) is 6.58. The van der Waals surface area contributed by atoms with E-state index in [0.29, 0.717) is 12.6 Å². The van der Waals surface area contributed by atoms with Crippen LogP contribution < -0.4 is 15.4 Å². The summed E-state index contributed by atoms with van der Waals surface area (Å²) in [6.45, 7) is 8.19. The molecule has 0 aromatic heterocycles. The molecule has 2 N–H and O–H groups in total. The van der Waals surface area contributed by atoms with Gasteiger partial charge in [-0.05, 0) is 37.6 Å². The van der Waals surface area contributed by atoms with E-state index in [9.17, 15) is 0 Å². The van der Waals surface area contributed by atoms with Crippen LogP contribution >= 0.6 is 0 Å². The molecule has 0 bridgehead atoms. The number of hydrogen-bond donors (Lipinski definition) is 2. The average Bonchev–Trinajstić information content (AvgIpc) is 2.41. The van der Waals surface area contributed by atoms with Gasteiger partial charge in [0.25, 0.3) is 0 Å². The molecule has 1 heterocycles. The van der Waals surface area contributed by atoms with Crippen LogP contribution in [0.5, 0.6) is 5.75 Å². The van der Waals surface area contributed by atoms with E-state index in [-0.39, 0.29) is 0 Å². The molecule has 4 heteroatoms. The summed E-state index contributed by atoms with van der Waals surface area (Å²) in [5.74, 6) is 0.960. The molecule has 0 spiro atoms. The van der Waals surface area contributed by atoms with Gasteiger partial charge in [-0.15, -0.1) is 0 Å². The van der Waals surface area contributed by atoms with Gasteiger partial charge in [0.2, 0.25) is 0 Å². The molecule has 1 aliphatic rings. The molecule has 2 rings (SSSR count). The molecule has 0 saturated carbocycles. The van der Waals surface area contributed by atoms with Crippen LogP contribution in [0.4, 0.5) is 5.69 Å². The SMILES string of the molecule is CCOc1ccc(NCC2COCCN2)cc1C. The van der Waals surface area contributed by atoms with Gasteiger partial charge in [0.05, 0.1) is 19.8 Å². The van der Waals surface area contributed by atoms with Crippen LogP contribution in [0.25, 0.3) is 0 Å². The largest absolute Gasteiger partial charge is 0.494 e.